The maximum Gasteiger partial charge on any atom is 0.0173 e. The Labute approximate surface area is 95.0 Å². The van der Waals surface area contributed by atoms with E-state index in [9.17, 15) is 0 Å². The van der Waals surface area contributed by atoms with Crippen LogP contribution in [0.4, 0.5) is 0 Å². The van der Waals surface area contributed by atoms with Gasteiger partial charge in [0, 0.05) is 9.49 Å². The fourth-order valence-electron chi connectivity index (χ4n) is 4.95. The maximum absolute atomic E-state index is 2.31. The van der Waals surface area contributed by atoms with Crippen molar-refractivity contribution >= 4 is 23.5 Å². The van der Waals surface area contributed by atoms with E-state index in [4.69, 9.17) is 0 Å². The lowest BCUT2D eigenvalue weighted by Crippen LogP contribution is -2.82. The lowest BCUT2D eigenvalue weighted by atomic mass is 9.23. The minimum absolute atomic E-state index is 0.780. The summed E-state index contributed by atoms with van der Waals surface area (Å²) in [7, 11) is 0. The smallest absolute Gasteiger partial charge is 0.0173 e. The van der Waals surface area contributed by atoms with Gasteiger partial charge < -0.3 is 0 Å². The van der Waals surface area contributed by atoms with Crippen LogP contribution >= 0.6 is 23.5 Å². The molecule has 0 spiro atoms. The lowest BCUT2D eigenvalue weighted by molar-refractivity contribution is -0.283. The predicted molar refractivity (Wildman–Crippen MR) is 65.1 cm³/mol. The summed E-state index contributed by atoms with van der Waals surface area (Å²) < 4.78 is 1.56. The van der Waals surface area contributed by atoms with Crippen molar-refractivity contribution in [3.63, 3.8) is 0 Å². The molecular weight excluding hydrogens is 208 g/mol. The molecule has 0 aliphatic heterocycles. The topological polar surface area (TPSA) is 0 Å². The molecule has 0 aromatic rings. The van der Waals surface area contributed by atoms with E-state index in [2.05, 4.69) is 36.0 Å². The molecule has 78 valence electrons. The van der Waals surface area contributed by atoms with Crippen molar-refractivity contribution in [1.29, 1.82) is 0 Å². The third kappa shape index (κ3) is 0.650. The molecule has 0 heterocycles. The van der Waals surface area contributed by atoms with E-state index in [0.29, 0.717) is 0 Å². The normalized spacial score (nSPS) is 67.3. The first-order valence-electron chi connectivity index (χ1n) is 5.72. The molecule has 6 fully saturated rings. The monoisotopic (exact) mass is 226 g/mol. The Morgan fingerprint density at radius 2 is 0.929 bits per heavy atom. The molecule has 6 aliphatic carbocycles. The van der Waals surface area contributed by atoms with Gasteiger partial charge in [-0.15, -0.1) is 0 Å². The highest BCUT2D eigenvalue weighted by Gasteiger charge is 2.83. The van der Waals surface area contributed by atoms with Crippen LogP contribution in [0.2, 0.25) is 0 Å². The zero-order valence-electron chi connectivity index (χ0n) is 9.06. The molecule has 6 aliphatic rings. The average Bonchev–Trinajstić information content (AvgIpc) is 1.86. The fraction of sp³-hybridized carbons (Fsp3) is 1.00. The van der Waals surface area contributed by atoms with Crippen molar-refractivity contribution in [3.8, 4) is 0 Å². The quantitative estimate of drug-likeness (QED) is 0.722. The van der Waals surface area contributed by atoms with Crippen LogP contribution in [-0.4, -0.2) is 22.0 Å². The second-order valence-corrected chi connectivity index (χ2v) is 8.94. The van der Waals surface area contributed by atoms with Crippen LogP contribution in [0.15, 0.2) is 0 Å². The summed E-state index contributed by atoms with van der Waals surface area (Å²) in [6.45, 7) is 0. The molecule has 6 saturated carbocycles. The van der Waals surface area contributed by atoms with Gasteiger partial charge in [0.15, 0.2) is 0 Å². The summed E-state index contributed by atoms with van der Waals surface area (Å²) in [6.07, 6.45) is 14.1. The van der Waals surface area contributed by atoms with Crippen molar-refractivity contribution < 1.29 is 0 Å². The summed E-state index contributed by atoms with van der Waals surface area (Å²) in [4.78, 5) is 0. The van der Waals surface area contributed by atoms with E-state index in [1.165, 1.54) is 0 Å². The minimum Gasteiger partial charge on any atom is -0.159 e. The first kappa shape index (κ1) is 8.81. The van der Waals surface area contributed by atoms with Gasteiger partial charge in [-0.1, -0.05) is 0 Å². The zero-order chi connectivity index (χ0) is 9.66. The molecule has 4 bridgehead atoms. The molecule has 0 nitrogen and oxygen atoms in total. The third-order valence-corrected chi connectivity index (χ3v) is 8.55. The molecule has 0 atom stereocenters. The summed E-state index contributed by atoms with van der Waals surface area (Å²) in [6, 6.07) is 0. The number of thioether (sulfide) groups is 2. The van der Waals surface area contributed by atoms with E-state index in [-0.39, 0.29) is 0 Å². The van der Waals surface area contributed by atoms with E-state index < -0.39 is 0 Å². The second-order valence-electron chi connectivity index (χ2n) is 6.40. The zero-order valence-corrected chi connectivity index (χ0v) is 10.7. The molecule has 0 unspecified atom stereocenters. The van der Waals surface area contributed by atoms with Crippen molar-refractivity contribution in [2.24, 2.45) is 10.8 Å². The first-order chi connectivity index (χ1) is 6.61. The maximum atomic E-state index is 2.31. The molecule has 2 heteroatoms. The number of hydrogen-bond donors (Lipinski definition) is 0. The van der Waals surface area contributed by atoms with Crippen LogP contribution in [0.1, 0.15) is 38.5 Å². The summed E-state index contributed by atoms with van der Waals surface area (Å²) in [5.74, 6) is 0. The van der Waals surface area contributed by atoms with Crippen molar-refractivity contribution in [2.45, 2.75) is 48.0 Å². The van der Waals surface area contributed by atoms with Crippen molar-refractivity contribution in [3.05, 3.63) is 0 Å². The van der Waals surface area contributed by atoms with Gasteiger partial charge in [0.2, 0.25) is 0 Å². The van der Waals surface area contributed by atoms with E-state index in [1.807, 2.05) is 0 Å². The molecule has 0 amide bonds. The highest BCUT2D eigenvalue weighted by Crippen LogP contribution is 2.90. The molecule has 14 heavy (non-hydrogen) atoms. The molecule has 0 aromatic heterocycles. The van der Waals surface area contributed by atoms with Gasteiger partial charge in [-0.2, -0.15) is 23.5 Å². The standard InChI is InChI=1S/C12H18S2/c1-13-11-3-9(4-11,5-11)10-6-12(7-10,8-10)14-2/h3-8H2,1-2H3. The number of rotatable bonds is 3. The van der Waals surface area contributed by atoms with Gasteiger partial charge in [-0.3, -0.25) is 0 Å². The lowest BCUT2D eigenvalue weighted by Gasteiger charge is -2.87. The van der Waals surface area contributed by atoms with Crippen LogP contribution < -0.4 is 0 Å². The van der Waals surface area contributed by atoms with Crippen LogP contribution in [-0.2, 0) is 0 Å². The molecular formula is C12H18S2. The third-order valence-electron chi connectivity index (χ3n) is 5.95. The second kappa shape index (κ2) is 2.07. The predicted octanol–water partition coefficient (Wildman–Crippen LogP) is 3.56. The largest absolute Gasteiger partial charge is 0.159 e. The Hall–Kier alpha value is 0.700. The van der Waals surface area contributed by atoms with E-state index >= 15 is 0 Å². The summed E-state index contributed by atoms with van der Waals surface area (Å²) >= 11 is 4.29. The highest BCUT2D eigenvalue weighted by atomic mass is 32.2. The van der Waals surface area contributed by atoms with Crippen molar-refractivity contribution in [2.75, 3.05) is 12.5 Å². The van der Waals surface area contributed by atoms with E-state index in [1.54, 1.807) is 38.5 Å². The van der Waals surface area contributed by atoms with Gasteiger partial charge in [0.1, 0.15) is 0 Å². The van der Waals surface area contributed by atoms with Crippen LogP contribution in [0.25, 0.3) is 0 Å². The molecule has 6 rings (SSSR count). The van der Waals surface area contributed by atoms with Crippen LogP contribution in [0, 0.1) is 10.8 Å². The SMILES string of the molecule is CSC12CC(C34CC(SC)(C3)C4)(C1)C2. The number of hydrogen-bond acceptors (Lipinski definition) is 2. The Kier molecular flexibility index (Phi) is 1.30. The highest BCUT2D eigenvalue weighted by molar-refractivity contribution is 8.00. The fourth-order valence-corrected chi connectivity index (χ4v) is 7.47. The molecule has 0 radical (unpaired) electrons. The average molecular weight is 226 g/mol. The van der Waals surface area contributed by atoms with Crippen LogP contribution in [0.5, 0.6) is 0 Å². The first-order valence-corrected chi connectivity index (χ1v) is 8.17. The Morgan fingerprint density at radius 1 is 0.643 bits per heavy atom. The van der Waals surface area contributed by atoms with Gasteiger partial charge in [0.25, 0.3) is 0 Å². The summed E-state index contributed by atoms with van der Waals surface area (Å²) in [5, 5.41) is 0. The Bertz CT molecular complexity index is 249. The van der Waals surface area contributed by atoms with Gasteiger partial charge in [-0.05, 0) is 61.9 Å². The molecule has 0 saturated heterocycles. The van der Waals surface area contributed by atoms with Gasteiger partial charge in [0.05, 0.1) is 0 Å². The van der Waals surface area contributed by atoms with E-state index in [0.717, 1.165) is 20.3 Å². The van der Waals surface area contributed by atoms with Crippen molar-refractivity contribution in [1.82, 2.24) is 0 Å². The van der Waals surface area contributed by atoms with Gasteiger partial charge in [-0.25, -0.2) is 0 Å². The van der Waals surface area contributed by atoms with Gasteiger partial charge >= 0.3 is 0 Å². The minimum atomic E-state index is 0.780. The summed E-state index contributed by atoms with van der Waals surface area (Å²) in [5.41, 5.74) is 1.74. The molecule has 0 aromatic carbocycles. The Balaban J connectivity index is 1.50. The van der Waals surface area contributed by atoms with Crippen LogP contribution in [0.3, 0.4) is 0 Å². The molecule has 0 N–H and O–H groups in total. The Morgan fingerprint density at radius 3 is 1.14 bits per heavy atom.